The summed E-state index contributed by atoms with van der Waals surface area (Å²) in [5.41, 5.74) is 3.35. The van der Waals surface area contributed by atoms with E-state index in [0.29, 0.717) is 38.5 Å². The summed E-state index contributed by atoms with van der Waals surface area (Å²) < 4.78 is 22.0. The van der Waals surface area contributed by atoms with Gasteiger partial charge in [0.15, 0.2) is 0 Å². The quantitative estimate of drug-likeness (QED) is 0.308. The normalized spacial score (nSPS) is 11.2. The number of halogens is 1. The zero-order chi connectivity index (χ0) is 23.9. The molecule has 0 spiro atoms. The molecule has 0 saturated heterocycles. The van der Waals surface area contributed by atoms with Crippen LogP contribution in [0.4, 0.5) is 4.39 Å². The van der Waals surface area contributed by atoms with Crippen molar-refractivity contribution >= 4 is 16.9 Å². The molecule has 0 aliphatic heterocycles. The highest BCUT2D eigenvalue weighted by molar-refractivity contribution is 5.94. The molecule has 0 aliphatic rings. The smallest absolute Gasteiger partial charge is 0.254 e. The van der Waals surface area contributed by atoms with E-state index >= 15 is 0 Å². The number of nitrogens with zero attached hydrogens (tertiary/aromatic N) is 2. The van der Waals surface area contributed by atoms with Gasteiger partial charge in [-0.25, -0.2) is 9.37 Å². The Kier molecular flexibility index (Phi) is 7.58. The third kappa shape index (κ3) is 5.63. The Morgan fingerprint density at radius 3 is 2.53 bits per heavy atom. The second-order valence-corrected chi connectivity index (χ2v) is 8.58. The van der Waals surface area contributed by atoms with Crippen LogP contribution in [0.15, 0.2) is 72.8 Å². The number of fused-ring (bicyclic) bond motifs is 1. The van der Waals surface area contributed by atoms with Crippen LogP contribution in [0.1, 0.15) is 47.9 Å². The molecule has 0 fully saturated rings. The third-order valence-electron chi connectivity index (χ3n) is 5.85. The average molecular weight is 460 g/mol. The number of ether oxygens (including phenoxy) is 1. The number of aryl methyl sites for hydroxylation is 1. The monoisotopic (exact) mass is 459 g/mol. The average Bonchev–Trinajstić information content (AvgIpc) is 3.19. The molecular formula is C28H30FN3O2. The highest BCUT2D eigenvalue weighted by atomic mass is 19.1. The summed E-state index contributed by atoms with van der Waals surface area (Å²) in [6.07, 6.45) is 1.39. The number of rotatable bonds is 10. The van der Waals surface area contributed by atoms with Crippen LogP contribution in [-0.2, 0) is 13.0 Å². The van der Waals surface area contributed by atoms with Gasteiger partial charge in [-0.15, -0.1) is 0 Å². The minimum Gasteiger partial charge on any atom is -0.492 e. The van der Waals surface area contributed by atoms with E-state index in [-0.39, 0.29) is 5.56 Å². The van der Waals surface area contributed by atoms with Gasteiger partial charge < -0.3 is 14.6 Å². The Morgan fingerprint density at radius 2 is 1.76 bits per heavy atom. The fraction of sp³-hybridized carbons (Fsp3) is 0.286. The van der Waals surface area contributed by atoms with Gasteiger partial charge in [0, 0.05) is 13.0 Å². The lowest BCUT2D eigenvalue weighted by molar-refractivity contribution is 0.0949. The van der Waals surface area contributed by atoms with Gasteiger partial charge in [0.2, 0.25) is 0 Å². The van der Waals surface area contributed by atoms with Gasteiger partial charge in [-0.2, -0.15) is 0 Å². The predicted octanol–water partition coefficient (Wildman–Crippen LogP) is 5.74. The first-order chi connectivity index (χ1) is 16.5. The maximum atomic E-state index is 13.8. The van der Waals surface area contributed by atoms with Crippen molar-refractivity contribution in [2.24, 2.45) is 0 Å². The van der Waals surface area contributed by atoms with Crippen molar-refractivity contribution in [3.63, 3.8) is 0 Å². The van der Waals surface area contributed by atoms with Crippen molar-refractivity contribution in [3.8, 4) is 5.75 Å². The van der Waals surface area contributed by atoms with Gasteiger partial charge in [-0.1, -0.05) is 50.2 Å². The molecule has 4 aromatic rings. The molecule has 0 unspecified atom stereocenters. The SMILES string of the molecule is CC(C)c1ccc(OCCn2c(CCCNC(=O)c3ccccc3F)nc3ccccc32)cc1. The van der Waals surface area contributed by atoms with Crippen molar-refractivity contribution < 1.29 is 13.9 Å². The molecule has 1 N–H and O–H groups in total. The van der Waals surface area contributed by atoms with E-state index in [1.54, 1.807) is 12.1 Å². The first-order valence-electron chi connectivity index (χ1n) is 11.7. The summed E-state index contributed by atoms with van der Waals surface area (Å²) in [6, 6.07) is 22.3. The van der Waals surface area contributed by atoms with Gasteiger partial charge >= 0.3 is 0 Å². The predicted molar refractivity (Wildman–Crippen MR) is 133 cm³/mol. The lowest BCUT2D eigenvalue weighted by atomic mass is 10.0. The number of para-hydroxylation sites is 2. The van der Waals surface area contributed by atoms with Gasteiger partial charge in [0.25, 0.3) is 5.91 Å². The minimum atomic E-state index is -0.513. The molecule has 0 atom stereocenters. The number of nitrogens with one attached hydrogen (secondary N) is 1. The maximum Gasteiger partial charge on any atom is 0.254 e. The second-order valence-electron chi connectivity index (χ2n) is 8.58. The van der Waals surface area contributed by atoms with E-state index in [1.165, 1.54) is 17.7 Å². The Labute approximate surface area is 199 Å². The van der Waals surface area contributed by atoms with Gasteiger partial charge in [0.1, 0.15) is 24.0 Å². The topological polar surface area (TPSA) is 56.1 Å². The molecule has 4 rings (SSSR count). The number of aromatic nitrogens is 2. The van der Waals surface area contributed by atoms with Crippen molar-refractivity contribution in [2.75, 3.05) is 13.2 Å². The number of hydrogen-bond acceptors (Lipinski definition) is 3. The van der Waals surface area contributed by atoms with E-state index in [0.717, 1.165) is 22.6 Å². The maximum absolute atomic E-state index is 13.8. The van der Waals surface area contributed by atoms with Crippen LogP contribution in [0.3, 0.4) is 0 Å². The summed E-state index contributed by atoms with van der Waals surface area (Å²) in [5.74, 6) is 1.38. The van der Waals surface area contributed by atoms with Crippen LogP contribution in [0.2, 0.25) is 0 Å². The molecule has 5 nitrogen and oxygen atoms in total. The molecule has 34 heavy (non-hydrogen) atoms. The number of hydrogen-bond donors (Lipinski definition) is 1. The summed E-state index contributed by atoms with van der Waals surface area (Å²) >= 11 is 0. The summed E-state index contributed by atoms with van der Waals surface area (Å²) in [4.78, 5) is 17.0. The third-order valence-corrected chi connectivity index (χ3v) is 5.85. The van der Waals surface area contributed by atoms with Gasteiger partial charge in [0.05, 0.1) is 23.1 Å². The molecule has 1 amide bonds. The number of benzene rings is 3. The van der Waals surface area contributed by atoms with Crippen molar-refractivity contribution in [2.45, 2.75) is 39.2 Å². The largest absolute Gasteiger partial charge is 0.492 e. The standard InChI is InChI=1S/C28H30FN3O2/c1-20(2)21-13-15-22(16-14-21)34-19-18-32-26-11-6-5-10-25(26)31-27(32)12-7-17-30-28(33)23-8-3-4-9-24(23)29/h3-6,8-11,13-16,20H,7,12,17-19H2,1-2H3,(H,30,33). The van der Waals surface area contributed by atoms with E-state index in [1.807, 2.05) is 30.3 Å². The van der Waals surface area contributed by atoms with Crippen molar-refractivity contribution in [1.29, 1.82) is 0 Å². The van der Waals surface area contributed by atoms with Crippen LogP contribution in [-0.4, -0.2) is 28.6 Å². The number of amides is 1. The fourth-order valence-electron chi connectivity index (χ4n) is 3.96. The molecule has 0 saturated carbocycles. The highest BCUT2D eigenvalue weighted by Crippen LogP contribution is 2.20. The molecule has 0 radical (unpaired) electrons. The van der Waals surface area contributed by atoms with Crippen LogP contribution < -0.4 is 10.1 Å². The van der Waals surface area contributed by atoms with Crippen LogP contribution in [0, 0.1) is 5.82 Å². The zero-order valence-corrected chi connectivity index (χ0v) is 19.6. The zero-order valence-electron chi connectivity index (χ0n) is 19.6. The Bertz CT molecular complexity index is 1250. The van der Waals surface area contributed by atoms with E-state index in [9.17, 15) is 9.18 Å². The minimum absolute atomic E-state index is 0.0633. The molecule has 176 valence electrons. The summed E-state index contributed by atoms with van der Waals surface area (Å²) in [6.45, 7) is 5.98. The Hall–Kier alpha value is -3.67. The lowest BCUT2D eigenvalue weighted by Gasteiger charge is -2.12. The Balaban J connectivity index is 1.36. The molecule has 3 aromatic carbocycles. The van der Waals surface area contributed by atoms with Gasteiger partial charge in [-0.3, -0.25) is 4.79 Å². The lowest BCUT2D eigenvalue weighted by Crippen LogP contribution is -2.26. The van der Waals surface area contributed by atoms with Gasteiger partial charge in [-0.05, 0) is 54.3 Å². The molecule has 1 heterocycles. The molecule has 6 heteroatoms. The number of carbonyl (C=O) groups excluding carboxylic acids is 1. The highest BCUT2D eigenvalue weighted by Gasteiger charge is 2.12. The Morgan fingerprint density at radius 1 is 1.03 bits per heavy atom. The van der Waals surface area contributed by atoms with E-state index < -0.39 is 11.7 Å². The van der Waals surface area contributed by atoms with Crippen LogP contribution in [0.5, 0.6) is 5.75 Å². The first kappa shape index (κ1) is 23.5. The second kappa shape index (κ2) is 11.0. The number of carbonyl (C=O) groups is 1. The van der Waals surface area contributed by atoms with Crippen molar-refractivity contribution in [3.05, 3.63) is 95.6 Å². The summed E-state index contributed by atoms with van der Waals surface area (Å²) in [5, 5.41) is 2.80. The molecule has 1 aromatic heterocycles. The summed E-state index contributed by atoms with van der Waals surface area (Å²) in [7, 11) is 0. The molecule has 0 aliphatic carbocycles. The van der Waals surface area contributed by atoms with Crippen molar-refractivity contribution in [1.82, 2.24) is 14.9 Å². The van der Waals surface area contributed by atoms with Crippen LogP contribution in [0.25, 0.3) is 11.0 Å². The van der Waals surface area contributed by atoms with E-state index in [4.69, 9.17) is 9.72 Å². The van der Waals surface area contributed by atoms with E-state index in [2.05, 4.69) is 41.9 Å². The molecule has 0 bridgehead atoms. The molecular weight excluding hydrogens is 429 g/mol. The fourth-order valence-corrected chi connectivity index (χ4v) is 3.96. The van der Waals surface area contributed by atoms with Crippen LogP contribution >= 0.6 is 0 Å². The number of imidazole rings is 1. The first-order valence-corrected chi connectivity index (χ1v) is 11.7.